The van der Waals surface area contributed by atoms with Crippen LogP contribution in [0.1, 0.15) is 16.8 Å². The molecule has 43 heavy (non-hydrogen) atoms. The summed E-state index contributed by atoms with van der Waals surface area (Å²) < 4.78 is 22.5. The van der Waals surface area contributed by atoms with Crippen LogP contribution in [0.2, 0.25) is 0 Å². The number of allylic oxidation sites excluding steroid dienone is 4. The molecule has 0 radical (unpaired) electrons. The summed E-state index contributed by atoms with van der Waals surface area (Å²) in [6.45, 7) is 0. The number of carbonyl (C=O) groups is 2. The zero-order valence-electron chi connectivity index (χ0n) is 24.0. The molecule has 0 aromatic heterocycles. The molecule has 200 valence electrons. The number of nitrogens with one attached hydrogen (secondary N) is 2. The van der Waals surface area contributed by atoms with Crippen molar-refractivity contribution in [3.8, 4) is 11.1 Å². The van der Waals surface area contributed by atoms with E-state index < -0.39 is 32.4 Å². The second-order valence-corrected chi connectivity index (χ2v) is 11.4. The van der Waals surface area contributed by atoms with Crippen LogP contribution in [0.15, 0.2) is 101 Å². The normalized spacial score (nSPS) is 13.2. The van der Waals surface area contributed by atoms with E-state index in [9.17, 15) is 38.3 Å². The first-order valence-corrected chi connectivity index (χ1v) is 14.4. The van der Waals surface area contributed by atoms with Crippen molar-refractivity contribution in [1.82, 2.24) is 0 Å². The Morgan fingerprint density at radius 3 is 1.81 bits per heavy atom. The van der Waals surface area contributed by atoms with Crippen molar-refractivity contribution in [1.29, 1.82) is 0 Å². The monoisotopic (exact) mass is 655 g/mol. The van der Waals surface area contributed by atoms with Crippen molar-refractivity contribution in [2.24, 2.45) is 4.99 Å². The number of rotatable bonds is 6. The first-order valence-electron chi connectivity index (χ1n) is 11.3. The molecule has 3 aromatic carbocycles. The van der Waals surface area contributed by atoms with Gasteiger partial charge in [-0.15, -0.1) is 0 Å². The molecule has 3 aromatic rings. The molecule has 0 saturated carbocycles. The van der Waals surface area contributed by atoms with Crippen LogP contribution in [0.5, 0.6) is 0 Å². The zero-order chi connectivity index (χ0) is 28.2. The number of nitrogens with zero attached hydrogens (tertiary/aromatic N) is 1. The van der Waals surface area contributed by atoms with Gasteiger partial charge in [0.1, 0.15) is 0 Å². The van der Waals surface area contributed by atoms with Crippen LogP contribution in [0.25, 0.3) is 11.1 Å². The van der Waals surface area contributed by atoms with E-state index in [-0.39, 0.29) is 141 Å². The summed E-state index contributed by atoms with van der Waals surface area (Å²) in [5, 5.41) is 4.50. The smallest absolute Gasteiger partial charge is 0.807 e. The SMILES string of the molecule is O=C(Nc1ccc(C(=O)N=C2C=C(P(=O)([O-])[O-])C=CC2)cc1)Nc1ccc(-c2cccc(P(=O)([O-])[O-])c2)cc1.[Na+].[Na+].[Na+].[Na+]. The van der Waals surface area contributed by atoms with Crippen molar-refractivity contribution in [3.63, 3.8) is 0 Å². The predicted octanol–water partition coefficient (Wildman–Crippen LogP) is -10.1. The Morgan fingerprint density at radius 1 is 0.721 bits per heavy atom. The molecule has 1 aliphatic carbocycles. The molecule has 0 heterocycles. The molecule has 0 spiro atoms. The van der Waals surface area contributed by atoms with Crippen molar-refractivity contribution in [2.45, 2.75) is 6.42 Å². The number of hydrogen-bond acceptors (Lipinski definition) is 8. The number of amides is 3. The third-order valence-corrected chi connectivity index (χ3v) is 7.34. The van der Waals surface area contributed by atoms with Gasteiger partial charge in [-0.05, 0) is 85.5 Å². The largest absolute Gasteiger partial charge is 1.00 e. The first kappa shape index (κ1) is 43.0. The molecule has 0 aliphatic heterocycles. The van der Waals surface area contributed by atoms with Crippen LogP contribution in [0.3, 0.4) is 0 Å². The summed E-state index contributed by atoms with van der Waals surface area (Å²) in [6.07, 6.45) is 3.88. The Hall–Kier alpha value is 0.0500. The first-order chi connectivity index (χ1) is 18.4. The molecular formula is C26H19N3Na4O8P2. The van der Waals surface area contributed by atoms with Gasteiger partial charge in [-0.2, -0.15) is 0 Å². The average molecular weight is 655 g/mol. The van der Waals surface area contributed by atoms with Gasteiger partial charge in [0.25, 0.3) is 5.91 Å². The molecule has 11 nitrogen and oxygen atoms in total. The van der Waals surface area contributed by atoms with Crippen LogP contribution in [0, 0.1) is 0 Å². The fourth-order valence-corrected chi connectivity index (χ4v) is 4.77. The number of carbonyl (C=O) groups excluding carboxylic acids is 2. The van der Waals surface area contributed by atoms with Gasteiger partial charge < -0.3 is 39.3 Å². The maximum atomic E-state index is 12.4. The molecule has 0 fully saturated rings. The Morgan fingerprint density at radius 2 is 1.28 bits per heavy atom. The number of hydrogen-bond donors (Lipinski definition) is 2. The van der Waals surface area contributed by atoms with E-state index >= 15 is 0 Å². The van der Waals surface area contributed by atoms with E-state index in [4.69, 9.17) is 0 Å². The Labute approximate surface area is 336 Å². The fraction of sp³-hybridized carbons (Fsp3) is 0.0385. The van der Waals surface area contributed by atoms with Gasteiger partial charge in [-0.1, -0.05) is 42.5 Å². The fourth-order valence-electron chi connectivity index (χ4n) is 3.61. The second-order valence-electron chi connectivity index (χ2n) is 8.36. The van der Waals surface area contributed by atoms with Gasteiger partial charge >= 0.3 is 124 Å². The number of aliphatic imine (C=N–C) groups is 1. The molecule has 2 N–H and O–H groups in total. The van der Waals surface area contributed by atoms with E-state index in [0.29, 0.717) is 22.5 Å². The topological polar surface area (TPSA) is 197 Å². The molecule has 0 atom stereocenters. The van der Waals surface area contributed by atoms with Gasteiger partial charge in [0.2, 0.25) is 0 Å². The summed E-state index contributed by atoms with van der Waals surface area (Å²) in [4.78, 5) is 73.6. The van der Waals surface area contributed by atoms with Crippen molar-refractivity contribution in [2.75, 3.05) is 10.6 Å². The summed E-state index contributed by atoms with van der Waals surface area (Å²) in [5.74, 6) is -0.641. The molecule has 17 heteroatoms. The van der Waals surface area contributed by atoms with E-state index in [2.05, 4.69) is 15.6 Å². The number of urea groups is 1. The van der Waals surface area contributed by atoms with Gasteiger partial charge in [0.05, 0.1) is 0 Å². The minimum absolute atomic E-state index is 0. The summed E-state index contributed by atoms with van der Waals surface area (Å²) >= 11 is 0. The molecule has 3 amide bonds. The van der Waals surface area contributed by atoms with E-state index in [0.717, 1.165) is 6.08 Å². The Kier molecular flexibility index (Phi) is 19.0. The predicted molar refractivity (Wildman–Crippen MR) is 139 cm³/mol. The Balaban J connectivity index is 0.00000441. The van der Waals surface area contributed by atoms with Crippen LogP contribution < -0.4 is 154 Å². The molecule has 0 bridgehead atoms. The summed E-state index contributed by atoms with van der Waals surface area (Å²) in [7, 11) is -9.84. The van der Waals surface area contributed by atoms with Crippen LogP contribution in [-0.2, 0) is 9.13 Å². The average Bonchev–Trinajstić information content (AvgIpc) is 2.89. The van der Waals surface area contributed by atoms with Crippen molar-refractivity contribution < 1.29 is 157 Å². The molecular weight excluding hydrogens is 636 g/mol. The maximum absolute atomic E-state index is 12.4. The molecule has 0 saturated heterocycles. The molecule has 0 unspecified atom stereocenters. The molecule has 1 aliphatic rings. The maximum Gasteiger partial charge on any atom is 1.00 e. The summed E-state index contributed by atoms with van der Waals surface area (Å²) in [5.41, 5.74) is 2.33. The van der Waals surface area contributed by atoms with Gasteiger partial charge in [0, 0.05) is 29.1 Å². The van der Waals surface area contributed by atoms with Crippen LogP contribution in [-0.4, -0.2) is 17.6 Å². The molecule has 4 rings (SSSR count). The summed E-state index contributed by atoms with van der Waals surface area (Å²) in [6, 6.07) is 17.5. The van der Waals surface area contributed by atoms with Crippen molar-refractivity contribution in [3.05, 3.63) is 102 Å². The number of benzene rings is 3. The van der Waals surface area contributed by atoms with Crippen molar-refractivity contribution >= 4 is 49.5 Å². The van der Waals surface area contributed by atoms with Crippen LogP contribution >= 0.6 is 15.2 Å². The van der Waals surface area contributed by atoms with Crippen LogP contribution in [0.4, 0.5) is 16.2 Å². The van der Waals surface area contributed by atoms with E-state index in [1.165, 1.54) is 54.6 Å². The number of anilines is 2. The third kappa shape index (κ3) is 13.0. The minimum Gasteiger partial charge on any atom is -0.807 e. The zero-order valence-corrected chi connectivity index (χ0v) is 33.8. The second kappa shape index (κ2) is 19.0. The van der Waals surface area contributed by atoms with Gasteiger partial charge in [0.15, 0.2) is 0 Å². The van der Waals surface area contributed by atoms with Gasteiger partial charge in [-0.25, -0.2) is 9.79 Å². The van der Waals surface area contributed by atoms with Gasteiger partial charge in [-0.3, -0.25) is 4.79 Å². The van der Waals surface area contributed by atoms with E-state index in [1.807, 2.05) is 0 Å². The third-order valence-electron chi connectivity index (χ3n) is 5.52. The van der Waals surface area contributed by atoms with E-state index in [1.54, 1.807) is 30.3 Å². The Bertz CT molecular complexity index is 1620. The quantitative estimate of drug-likeness (QED) is 0.193. The minimum atomic E-state index is -4.96. The standard InChI is InChI=1S/C26H23N3O8P2.4Na/c30-25(27-22-4-2-6-24(16-22)39(35,36)37)18-9-13-21(14-10-18)29-26(31)28-20-11-7-17(8-12-20)19-3-1-5-23(15-19)38(32,33)34;;;;/h1-3,5-16H,4H2,(H2,28,29,31)(H2,32,33,34)(H2,35,36,37);;;;/q;4*+1/p-4.